The van der Waals surface area contributed by atoms with Crippen LogP contribution in [0.1, 0.15) is 44.2 Å². The molecule has 1 aliphatic rings. The van der Waals surface area contributed by atoms with E-state index in [-0.39, 0.29) is 0 Å². The molecule has 112 valence electrons. The van der Waals surface area contributed by atoms with E-state index in [9.17, 15) is 0 Å². The van der Waals surface area contributed by atoms with Crippen molar-refractivity contribution in [1.29, 1.82) is 0 Å². The normalized spacial score (nSPS) is 17.2. The van der Waals surface area contributed by atoms with E-state index in [1.54, 1.807) is 7.11 Å². The number of nitrogens with zero attached hydrogens (tertiary/aromatic N) is 1. The molecule has 0 spiro atoms. The Morgan fingerprint density at radius 3 is 2.67 bits per heavy atom. The minimum atomic E-state index is 0.504. The van der Waals surface area contributed by atoms with Gasteiger partial charge in [-0.1, -0.05) is 25.7 Å². The molecule has 2 heterocycles. The van der Waals surface area contributed by atoms with Crippen LogP contribution < -0.4 is 4.74 Å². The van der Waals surface area contributed by atoms with E-state index < -0.39 is 0 Å². The fourth-order valence-electron chi connectivity index (χ4n) is 2.88. The van der Waals surface area contributed by atoms with E-state index in [1.807, 2.05) is 18.5 Å². The molecule has 0 unspecified atom stereocenters. The first-order valence-electron chi connectivity index (χ1n) is 7.80. The van der Waals surface area contributed by atoms with Gasteiger partial charge in [0.05, 0.1) is 30.2 Å². The van der Waals surface area contributed by atoms with Gasteiger partial charge in [-0.3, -0.25) is 4.99 Å². The average molecular weight is 285 g/mol. The lowest BCUT2D eigenvalue weighted by Crippen LogP contribution is -2.02. The van der Waals surface area contributed by atoms with Crippen LogP contribution >= 0.6 is 0 Å². The number of methoxy groups -OCH3 is 1. The number of aromatic amines is 2. The number of H-pyrrole nitrogens is 2. The topological polar surface area (TPSA) is 53.2 Å². The van der Waals surface area contributed by atoms with Crippen molar-refractivity contribution in [2.45, 2.75) is 44.6 Å². The summed E-state index contributed by atoms with van der Waals surface area (Å²) in [6.45, 7) is 0. The van der Waals surface area contributed by atoms with Crippen molar-refractivity contribution < 1.29 is 4.74 Å². The third-order valence-corrected chi connectivity index (χ3v) is 4.14. The van der Waals surface area contributed by atoms with Crippen molar-refractivity contribution >= 4 is 6.21 Å². The van der Waals surface area contributed by atoms with Crippen LogP contribution in [0.2, 0.25) is 0 Å². The molecular formula is C17H23N3O. The zero-order chi connectivity index (χ0) is 14.5. The summed E-state index contributed by atoms with van der Waals surface area (Å²) in [4.78, 5) is 11.3. The van der Waals surface area contributed by atoms with Crippen LogP contribution in [0.4, 0.5) is 0 Å². The van der Waals surface area contributed by atoms with Crippen LogP contribution in [0.15, 0.2) is 29.4 Å². The van der Waals surface area contributed by atoms with Crippen LogP contribution in [0.3, 0.4) is 0 Å². The second-order valence-corrected chi connectivity index (χ2v) is 5.70. The van der Waals surface area contributed by atoms with Crippen LogP contribution in [-0.2, 0) is 0 Å². The highest BCUT2D eigenvalue weighted by Crippen LogP contribution is 2.22. The largest absolute Gasteiger partial charge is 0.495 e. The fourth-order valence-corrected chi connectivity index (χ4v) is 2.88. The molecule has 0 atom stereocenters. The van der Waals surface area contributed by atoms with Gasteiger partial charge in [0.15, 0.2) is 0 Å². The molecule has 0 bridgehead atoms. The second-order valence-electron chi connectivity index (χ2n) is 5.70. The zero-order valence-electron chi connectivity index (χ0n) is 12.6. The number of rotatable bonds is 4. The Morgan fingerprint density at radius 2 is 1.95 bits per heavy atom. The lowest BCUT2D eigenvalue weighted by atomic mass is 10.1. The van der Waals surface area contributed by atoms with Crippen LogP contribution in [-0.4, -0.2) is 29.3 Å². The van der Waals surface area contributed by atoms with Gasteiger partial charge >= 0.3 is 0 Å². The summed E-state index contributed by atoms with van der Waals surface area (Å²) in [5, 5.41) is 0. The van der Waals surface area contributed by atoms with Crippen molar-refractivity contribution in [3.8, 4) is 17.1 Å². The Bertz CT molecular complexity index is 589. The van der Waals surface area contributed by atoms with Crippen molar-refractivity contribution in [1.82, 2.24) is 9.97 Å². The Hall–Kier alpha value is -1.97. The van der Waals surface area contributed by atoms with Crippen molar-refractivity contribution in [2.75, 3.05) is 7.11 Å². The Balaban J connectivity index is 1.66. The number of hydrogen-bond acceptors (Lipinski definition) is 2. The number of ether oxygens (including phenoxy) is 1. The summed E-state index contributed by atoms with van der Waals surface area (Å²) in [6, 6.07) is 6.63. The van der Waals surface area contributed by atoms with Crippen molar-refractivity contribution in [3.63, 3.8) is 0 Å². The molecule has 2 N–H and O–H groups in total. The van der Waals surface area contributed by atoms with Gasteiger partial charge in [-0.2, -0.15) is 0 Å². The number of aromatic nitrogens is 2. The maximum absolute atomic E-state index is 5.19. The Morgan fingerprint density at radius 1 is 1.14 bits per heavy atom. The minimum absolute atomic E-state index is 0.504. The lowest BCUT2D eigenvalue weighted by molar-refractivity contribution is 0.415. The lowest BCUT2D eigenvalue weighted by Gasteiger charge is -2.06. The molecule has 2 aromatic heterocycles. The van der Waals surface area contributed by atoms with Crippen molar-refractivity contribution in [2.24, 2.45) is 4.99 Å². The summed E-state index contributed by atoms with van der Waals surface area (Å²) >= 11 is 0. The van der Waals surface area contributed by atoms with E-state index in [1.165, 1.54) is 38.5 Å². The maximum atomic E-state index is 5.19. The minimum Gasteiger partial charge on any atom is -0.495 e. The van der Waals surface area contributed by atoms with Gasteiger partial charge in [-0.05, 0) is 25.0 Å². The van der Waals surface area contributed by atoms with E-state index in [0.717, 1.165) is 22.8 Å². The molecular weight excluding hydrogens is 262 g/mol. The predicted octanol–water partition coefficient (Wildman–Crippen LogP) is 4.16. The molecule has 1 saturated carbocycles. The summed E-state index contributed by atoms with van der Waals surface area (Å²) in [6.07, 6.45) is 11.7. The van der Waals surface area contributed by atoms with Gasteiger partial charge in [0, 0.05) is 18.5 Å². The van der Waals surface area contributed by atoms with Gasteiger partial charge < -0.3 is 14.7 Å². The molecule has 2 aromatic rings. The quantitative estimate of drug-likeness (QED) is 0.643. The molecule has 0 aliphatic heterocycles. The molecule has 0 aromatic carbocycles. The molecule has 0 radical (unpaired) electrons. The molecule has 0 saturated heterocycles. The SMILES string of the molecule is COc1c[nH]c(-c2ccc(C=NC3CCCCCC3)[nH]2)c1. The third-order valence-electron chi connectivity index (χ3n) is 4.14. The van der Waals surface area contributed by atoms with Gasteiger partial charge in [0.25, 0.3) is 0 Å². The maximum Gasteiger partial charge on any atom is 0.136 e. The summed E-state index contributed by atoms with van der Waals surface area (Å²) in [5.74, 6) is 0.841. The molecule has 4 nitrogen and oxygen atoms in total. The third kappa shape index (κ3) is 3.57. The first-order chi connectivity index (χ1) is 10.3. The number of nitrogens with one attached hydrogen (secondary N) is 2. The van der Waals surface area contributed by atoms with E-state index >= 15 is 0 Å². The highest BCUT2D eigenvalue weighted by Gasteiger charge is 2.10. The number of aliphatic imine (C=N–C) groups is 1. The summed E-state index contributed by atoms with van der Waals surface area (Å²) in [5.41, 5.74) is 3.14. The van der Waals surface area contributed by atoms with Gasteiger partial charge in [-0.15, -0.1) is 0 Å². The fraction of sp³-hybridized carbons (Fsp3) is 0.471. The molecule has 3 rings (SSSR count). The number of hydrogen-bond donors (Lipinski definition) is 2. The van der Waals surface area contributed by atoms with Crippen LogP contribution in [0.5, 0.6) is 5.75 Å². The molecule has 1 aliphatic carbocycles. The van der Waals surface area contributed by atoms with E-state index in [0.29, 0.717) is 6.04 Å². The first kappa shape index (κ1) is 14.0. The van der Waals surface area contributed by atoms with Gasteiger partial charge in [0.2, 0.25) is 0 Å². The second kappa shape index (κ2) is 6.66. The Kier molecular flexibility index (Phi) is 4.43. The average Bonchev–Trinajstić information content (AvgIpc) is 3.09. The van der Waals surface area contributed by atoms with Crippen molar-refractivity contribution in [3.05, 3.63) is 30.1 Å². The standard InChI is InChI=1S/C17H23N3O/c1-21-15-10-17(19-12-15)16-9-8-14(20-16)11-18-13-6-4-2-3-5-7-13/h8-13,19-20H,2-7H2,1H3. The summed E-state index contributed by atoms with van der Waals surface area (Å²) in [7, 11) is 1.67. The molecule has 4 heteroatoms. The first-order valence-corrected chi connectivity index (χ1v) is 7.80. The van der Waals surface area contributed by atoms with Gasteiger partial charge in [-0.25, -0.2) is 0 Å². The van der Waals surface area contributed by atoms with Crippen LogP contribution in [0.25, 0.3) is 11.4 Å². The monoisotopic (exact) mass is 285 g/mol. The Labute approximate surface area is 125 Å². The predicted molar refractivity (Wildman–Crippen MR) is 86.2 cm³/mol. The smallest absolute Gasteiger partial charge is 0.136 e. The highest BCUT2D eigenvalue weighted by molar-refractivity contribution is 5.79. The molecule has 1 fully saturated rings. The van der Waals surface area contributed by atoms with Crippen LogP contribution in [0, 0.1) is 0 Å². The zero-order valence-corrected chi connectivity index (χ0v) is 12.6. The van der Waals surface area contributed by atoms with E-state index in [2.05, 4.69) is 22.1 Å². The molecule has 21 heavy (non-hydrogen) atoms. The summed E-state index contributed by atoms with van der Waals surface area (Å²) < 4.78 is 5.19. The van der Waals surface area contributed by atoms with E-state index in [4.69, 9.17) is 9.73 Å². The van der Waals surface area contributed by atoms with Gasteiger partial charge in [0.1, 0.15) is 5.75 Å². The molecule has 0 amide bonds. The highest BCUT2D eigenvalue weighted by atomic mass is 16.5.